The maximum atomic E-state index is 6.46. The fraction of sp³-hybridized carbons (Fsp3) is 0.667. The Bertz CT molecular complexity index is 504. The number of rotatable bonds is 2. The van der Waals surface area contributed by atoms with Crippen LogP contribution in [0.4, 0.5) is 0 Å². The molecule has 3 heteroatoms. The third kappa shape index (κ3) is 2.95. The number of hydrogen-bond donors (Lipinski definition) is 0. The molecule has 1 atom stereocenters. The summed E-state index contributed by atoms with van der Waals surface area (Å²) in [5.74, 6) is 1.13. The van der Waals surface area contributed by atoms with Gasteiger partial charge in [-0.1, -0.05) is 12.1 Å². The lowest BCUT2D eigenvalue weighted by atomic mass is 9.83. The number of hydrogen-bond acceptors (Lipinski definition) is 3. The van der Waals surface area contributed by atoms with E-state index in [0.717, 1.165) is 25.3 Å². The average molecular weight is 288 g/mol. The van der Waals surface area contributed by atoms with Crippen LogP contribution in [0.3, 0.4) is 0 Å². The van der Waals surface area contributed by atoms with Gasteiger partial charge in [-0.3, -0.25) is 0 Å². The van der Waals surface area contributed by atoms with Crippen molar-refractivity contribution >= 4 is 0 Å². The van der Waals surface area contributed by atoms with Crippen LogP contribution >= 0.6 is 0 Å². The summed E-state index contributed by atoms with van der Waals surface area (Å²) in [4.78, 5) is 4.66. The minimum atomic E-state index is 0.105. The van der Waals surface area contributed by atoms with Crippen LogP contribution in [0.2, 0.25) is 0 Å². The van der Waals surface area contributed by atoms with Crippen LogP contribution in [0.15, 0.2) is 18.2 Å². The lowest BCUT2D eigenvalue weighted by Crippen LogP contribution is -2.48. The molecule has 0 bridgehead atoms. The number of ether oxygens (including phenoxy) is 1. The predicted molar refractivity (Wildman–Crippen MR) is 87.0 cm³/mol. The summed E-state index contributed by atoms with van der Waals surface area (Å²) >= 11 is 0. The molecule has 116 valence electrons. The molecule has 1 fully saturated rings. The molecule has 3 rings (SSSR count). The monoisotopic (exact) mass is 288 g/mol. The zero-order chi connectivity index (χ0) is 15.0. The molecular weight excluding hydrogens is 260 g/mol. The zero-order valence-electron chi connectivity index (χ0n) is 13.9. The van der Waals surface area contributed by atoms with E-state index in [1.54, 1.807) is 0 Å². The Morgan fingerprint density at radius 1 is 1.19 bits per heavy atom. The van der Waals surface area contributed by atoms with Crippen LogP contribution in [-0.4, -0.2) is 49.6 Å². The number of benzene rings is 1. The van der Waals surface area contributed by atoms with Crippen molar-refractivity contribution in [1.82, 2.24) is 9.80 Å². The summed E-state index contributed by atoms with van der Waals surface area (Å²) in [7, 11) is 6.47. The van der Waals surface area contributed by atoms with Gasteiger partial charge in [0.1, 0.15) is 11.4 Å². The summed E-state index contributed by atoms with van der Waals surface area (Å²) in [5.41, 5.74) is 2.89. The van der Waals surface area contributed by atoms with E-state index in [2.05, 4.69) is 56.1 Å². The van der Waals surface area contributed by atoms with E-state index in [0.29, 0.717) is 6.04 Å². The first-order valence-electron chi connectivity index (χ1n) is 8.16. The Morgan fingerprint density at radius 3 is 2.57 bits per heavy atom. The molecule has 0 radical (unpaired) electrons. The standard InChI is InChI=1S/C18H28N2O/c1-14(19(2)3)15-5-6-17-16(13-15)7-8-18(21-17)9-11-20(4)12-10-18/h5-6,13-14H,7-12H2,1-4H3. The van der Waals surface area contributed by atoms with Crippen molar-refractivity contribution < 1.29 is 4.74 Å². The number of likely N-dealkylation sites (tertiary alicyclic amines) is 1. The lowest BCUT2D eigenvalue weighted by Gasteiger charge is -2.44. The number of nitrogens with zero attached hydrogens (tertiary/aromatic N) is 2. The minimum Gasteiger partial charge on any atom is -0.487 e. The molecule has 1 aromatic rings. The Kier molecular flexibility index (Phi) is 3.98. The lowest BCUT2D eigenvalue weighted by molar-refractivity contribution is -0.00881. The number of fused-ring (bicyclic) bond motifs is 1. The van der Waals surface area contributed by atoms with Crippen LogP contribution in [0, 0.1) is 0 Å². The van der Waals surface area contributed by atoms with Gasteiger partial charge < -0.3 is 14.5 Å². The largest absolute Gasteiger partial charge is 0.487 e. The van der Waals surface area contributed by atoms with Crippen molar-refractivity contribution in [2.75, 3.05) is 34.2 Å². The molecule has 0 saturated carbocycles. The third-order valence-corrected chi connectivity index (χ3v) is 5.42. The van der Waals surface area contributed by atoms with E-state index in [9.17, 15) is 0 Å². The van der Waals surface area contributed by atoms with E-state index >= 15 is 0 Å². The molecule has 2 heterocycles. The van der Waals surface area contributed by atoms with Gasteiger partial charge in [-0.25, -0.2) is 0 Å². The predicted octanol–water partition coefficient (Wildman–Crippen LogP) is 3.10. The fourth-order valence-corrected chi connectivity index (χ4v) is 3.48. The van der Waals surface area contributed by atoms with Crippen molar-refractivity contribution in [3.8, 4) is 5.75 Å². The molecular formula is C18H28N2O. The van der Waals surface area contributed by atoms with Crippen molar-refractivity contribution in [3.05, 3.63) is 29.3 Å². The van der Waals surface area contributed by atoms with Gasteiger partial charge in [0, 0.05) is 19.1 Å². The Balaban J connectivity index is 1.78. The Hall–Kier alpha value is -1.06. The second-order valence-corrected chi connectivity index (χ2v) is 7.10. The van der Waals surface area contributed by atoms with Gasteiger partial charge in [-0.05, 0) is 70.9 Å². The molecule has 1 unspecified atom stereocenters. The zero-order valence-corrected chi connectivity index (χ0v) is 13.9. The highest BCUT2D eigenvalue weighted by Crippen LogP contribution is 2.40. The minimum absolute atomic E-state index is 0.105. The van der Waals surface area contributed by atoms with Crippen LogP contribution in [0.5, 0.6) is 5.75 Å². The third-order valence-electron chi connectivity index (χ3n) is 5.42. The molecule has 1 aromatic carbocycles. The molecule has 2 aliphatic rings. The second-order valence-electron chi connectivity index (χ2n) is 7.10. The first-order valence-corrected chi connectivity index (χ1v) is 8.16. The van der Waals surface area contributed by atoms with Crippen LogP contribution < -0.4 is 4.74 Å². The molecule has 3 nitrogen and oxygen atoms in total. The Labute approximate surface area is 128 Å². The van der Waals surface area contributed by atoms with Crippen LogP contribution in [0.1, 0.15) is 43.4 Å². The molecule has 0 aromatic heterocycles. The van der Waals surface area contributed by atoms with E-state index < -0.39 is 0 Å². The molecule has 0 N–H and O–H groups in total. The van der Waals surface area contributed by atoms with Gasteiger partial charge in [-0.2, -0.15) is 0 Å². The summed E-state index contributed by atoms with van der Waals surface area (Å²) in [6.07, 6.45) is 4.66. The highest BCUT2D eigenvalue weighted by atomic mass is 16.5. The van der Waals surface area contributed by atoms with Crippen LogP contribution in [0.25, 0.3) is 0 Å². The van der Waals surface area contributed by atoms with E-state index in [4.69, 9.17) is 4.74 Å². The van der Waals surface area contributed by atoms with Gasteiger partial charge in [0.05, 0.1) is 0 Å². The highest BCUT2D eigenvalue weighted by Gasteiger charge is 2.38. The van der Waals surface area contributed by atoms with Gasteiger partial charge >= 0.3 is 0 Å². The summed E-state index contributed by atoms with van der Waals surface area (Å²) in [6, 6.07) is 7.23. The van der Waals surface area contributed by atoms with E-state index in [1.807, 2.05) is 0 Å². The van der Waals surface area contributed by atoms with Gasteiger partial charge in [0.2, 0.25) is 0 Å². The molecule has 1 spiro atoms. The van der Waals surface area contributed by atoms with Crippen LogP contribution in [-0.2, 0) is 6.42 Å². The van der Waals surface area contributed by atoms with Crippen molar-refractivity contribution in [2.45, 2.75) is 44.2 Å². The summed E-state index contributed by atoms with van der Waals surface area (Å²) in [5, 5.41) is 0. The maximum Gasteiger partial charge on any atom is 0.123 e. The molecule has 1 saturated heterocycles. The van der Waals surface area contributed by atoms with Crippen molar-refractivity contribution in [2.24, 2.45) is 0 Å². The Morgan fingerprint density at radius 2 is 1.90 bits per heavy atom. The molecule has 0 aliphatic carbocycles. The quantitative estimate of drug-likeness (QED) is 0.831. The molecule has 21 heavy (non-hydrogen) atoms. The van der Waals surface area contributed by atoms with Crippen molar-refractivity contribution in [3.63, 3.8) is 0 Å². The SMILES string of the molecule is CC(c1ccc2c(c1)CCC1(CCN(C)CC1)O2)N(C)C. The first-order chi connectivity index (χ1) is 9.99. The van der Waals surface area contributed by atoms with Gasteiger partial charge in [0.15, 0.2) is 0 Å². The molecule has 0 amide bonds. The van der Waals surface area contributed by atoms with Gasteiger partial charge in [0.25, 0.3) is 0 Å². The smallest absolute Gasteiger partial charge is 0.123 e. The second kappa shape index (κ2) is 5.62. The maximum absolute atomic E-state index is 6.46. The average Bonchev–Trinajstić information content (AvgIpc) is 2.49. The van der Waals surface area contributed by atoms with Gasteiger partial charge in [-0.15, -0.1) is 0 Å². The summed E-state index contributed by atoms with van der Waals surface area (Å²) < 4.78 is 6.46. The van der Waals surface area contributed by atoms with E-state index in [-0.39, 0.29) is 5.60 Å². The molecule has 2 aliphatic heterocycles. The highest BCUT2D eigenvalue weighted by molar-refractivity contribution is 5.40. The normalized spacial score (nSPS) is 22.9. The first kappa shape index (κ1) is 14.9. The van der Waals surface area contributed by atoms with E-state index in [1.165, 1.54) is 30.4 Å². The fourth-order valence-electron chi connectivity index (χ4n) is 3.48. The summed E-state index contributed by atoms with van der Waals surface area (Å²) in [6.45, 7) is 4.57. The number of piperidine rings is 1. The topological polar surface area (TPSA) is 15.7 Å². The van der Waals surface area contributed by atoms with Crippen molar-refractivity contribution in [1.29, 1.82) is 0 Å². The number of aryl methyl sites for hydroxylation is 1.